The van der Waals surface area contributed by atoms with Crippen molar-refractivity contribution in [2.75, 3.05) is 12.3 Å². The molecular weight excluding hydrogens is 336 g/mol. The van der Waals surface area contributed by atoms with Crippen molar-refractivity contribution in [2.24, 2.45) is 4.99 Å². The highest BCUT2D eigenvalue weighted by Crippen LogP contribution is 2.47. The van der Waals surface area contributed by atoms with Gasteiger partial charge in [-0.25, -0.2) is 0 Å². The van der Waals surface area contributed by atoms with Crippen LogP contribution < -0.4 is 4.74 Å². The maximum atomic E-state index is 11.2. The van der Waals surface area contributed by atoms with Gasteiger partial charge in [0.2, 0.25) is 6.19 Å². The Hall–Kier alpha value is -2.22. The molecule has 1 aromatic carbocycles. The van der Waals surface area contributed by atoms with Gasteiger partial charge in [0.05, 0.1) is 17.7 Å². The second kappa shape index (κ2) is 6.95. The van der Waals surface area contributed by atoms with Crippen molar-refractivity contribution in [3.05, 3.63) is 29.3 Å². The SMILES string of the molecule is CCC1(CC)Oc2ccc(C#N)cc2[C@@H](N2CCSC2=NC#N)C1O. The predicted octanol–water partition coefficient (Wildman–Crippen LogP) is 2.80. The maximum absolute atomic E-state index is 11.2. The average Bonchev–Trinajstić information content (AvgIpc) is 3.09. The van der Waals surface area contributed by atoms with Gasteiger partial charge in [-0.1, -0.05) is 25.6 Å². The lowest BCUT2D eigenvalue weighted by atomic mass is 9.79. The number of amidine groups is 1. The summed E-state index contributed by atoms with van der Waals surface area (Å²) in [6.07, 6.45) is 2.38. The fourth-order valence-corrected chi connectivity index (χ4v) is 4.59. The largest absolute Gasteiger partial charge is 0.484 e. The number of hydrogen-bond acceptors (Lipinski definition) is 6. The maximum Gasteiger partial charge on any atom is 0.208 e. The van der Waals surface area contributed by atoms with Crippen LogP contribution in [0.3, 0.4) is 0 Å². The van der Waals surface area contributed by atoms with Crippen molar-refractivity contribution >= 4 is 16.9 Å². The minimum Gasteiger partial charge on any atom is -0.484 e. The topological polar surface area (TPSA) is 92.6 Å². The fraction of sp³-hybridized carbons (Fsp3) is 0.500. The molecule has 2 heterocycles. The van der Waals surface area contributed by atoms with Gasteiger partial charge in [-0.3, -0.25) is 0 Å². The van der Waals surface area contributed by atoms with Crippen molar-refractivity contribution in [1.82, 2.24) is 4.90 Å². The minimum absolute atomic E-state index is 0.390. The molecule has 3 rings (SSSR count). The van der Waals surface area contributed by atoms with Gasteiger partial charge < -0.3 is 14.7 Å². The molecule has 1 unspecified atom stereocenters. The Morgan fingerprint density at radius 1 is 1.40 bits per heavy atom. The first-order chi connectivity index (χ1) is 12.1. The number of aliphatic hydroxyl groups excluding tert-OH is 1. The number of aliphatic imine (C=N–C) groups is 1. The highest BCUT2D eigenvalue weighted by Gasteiger charge is 2.50. The van der Waals surface area contributed by atoms with Crippen molar-refractivity contribution in [3.63, 3.8) is 0 Å². The lowest BCUT2D eigenvalue weighted by Crippen LogP contribution is -2.56. The molecule has 0 spiro atoms. The van der Waals surface area contributed by atoms with Crippen LogP contribution in [-0.4, -0.2) is 39.2 Å². The Morgan fingerprint density at radius 2 is 2.16 bits per heavy atom. The molecule has 0 bridgehead atoms. The van der Waals surface area contributed by atoms with Crippen LogP contribution in [0.5, 0.6) is 5.75 Å². The first-order valence-electron chi connectivity index (χ1n) is 8.37. The second-order valence-corrected chi connectivity index (χ2v) is 7.23. The number of hydrogen-bond donors (Lipinski definition) is 1. The molecule has 0 aromatic heterocycles. The number of benzene rings is 1. The Balaban J connectivity index is 2.16. The van der Waals surface area contributed by atoms with Crippen LogP contribution in [0.4, 0.5) is 0 Å². The van der Waals surface area contributed by atoms with Crippen molar-refractivity contribution < 1.29 is 9.84 Å². The van der Waals surface area contributed by atoms with E-state index in [0.29, 0.717) is 35.9 Å². The molecule has 0 amide bonds. The lowest BCUT2D eigenvalue weighted by Gasteiger charge is -2.48. The van der Waals surface area contributed by atoms with Gasteiger partial charge in [0, 0.05) is 17.9 Å². The van der Waals surface area contributed by atoms with E-state index in [0.717, 1.165) is 11.3 Å². The summed E-state index contributed by atoms with van der Waals surface area (Å²) in [7, 11) is 0. The smallest absolute Gasteiger partial charge is 0.208 e. The summed E-state index contributed by atoms with van der Waals surface area (Å²) in [4.78, 5) is 5.90. The summed E-state index contributed by atoms with van der Waals surface area (Å²) in [6.45, 7) is 4.69. The molecule has 7 heteroatoms. The van der Waals surface area contributed by atoms with E-state index in [-0.39, 0.29) is 6.04 Å². The molecule has 0 aliphatic carbocycles. The molecule has 2 aliphatic rings. The molecule has 1 N–H and O–H groups in total. The van der Waals surface area contributed by atoms with Gasteiger partial charge in [0.15, 0.2) is 5.17 Å². The molecule has 1 fully saturated rings. The number of fused-ring (bicyclic) bond motifs is 1. The van der Waals surface area contributed by atoms with Gasteiger partial charge in [-0.2, -0.15) is 10.5 Å². The molecule has 1 saturated heterocycles. The third-order valence-corrected chi connectivity index (χ3v) is 6.07. The lowest BCUT2D eigenvalue weighted by molar-refractivity contribution is -0.105. The molecule has 130 valence electrons. The molecule has 2 aliphatic heterocycles. The number of ether oxygens (including phenoxy) is 1. The van der Waals surface area contributed by atoms with Gasteiger partial charge in [0.1, 0.15) is 17.5 Å². The van der Waals surface area contributed by atoms with Crippen LogP contribution >= 0.6 is 11.8 Å². The summed E-state index contributed by atoms with van der Waals surface area (Å²) in [6, 6.07) is 7.06. The standard InChI is InChI=1S/C18H20N4O2S/c1-3-18(4-2)16(23)15(22-7-8-25-17(22)21-11-20)13-9-12(10-19)5-6-14(13)24-18/h5-6,9,15-16,23H,3-4,7-8H2,1-2H3/t15-,16?/m1/s1. The van der Waals surface area contributed by atoms with E-state index in [2.05, 4.69) is 11.1 Å². The zero-order chi connectivity index (χ0) is 18.0. The zero-order valence-corrected chi connectivity index (χ0v) is 15.1. The number of thioether (sulfide) groups is 1. The van der Waals surface area contributed by atoms with E-state index in [4.69, 9.17) is 10.00 Å². The quantitative estimate of drug-likeness (QED) is 0.837. The third-order valence-electron chi connectivity index (χ3n) is 5.10. The van der Waals surface area contributed by atoms with Crippen LogP contribution in [0.25, 0.3) is 0 Å². The summed E-state index contributed by atoms with van der Waals surface area (Å²) in [5.41, 5.74) is 0.597. The second-order valence-electron chi connectivity index (χ2n) is 6.16. The van der Waals surface area contributed by atoms with Crippen LogP contribution in [-0.2, 0) is 0 Å². The van der Waals surface area contributed by atoms with E-state index in [1.165, 1.54) is 11.8 Å². The van der Waals surface area contributed by atoms with Gasteiger partial charge in [-0.05, 0) is 31.0 Å². The molecule has 6 nitrogen and oxygen atoms in total. The molecule has 2 atom stereocenters. The Kier molecular flexibility index (Phi) is 4.89. The number of nitriles is 2. The Morgan fingerprint density at radius 3 is 2.80 bits per heavy atom. The van der Waals surface area contributed by atoms with Gasteiger partial charge in [-0.15, -0.1) is 4.99 Å². The van der Waals surface area contributed by atoms with Crippen LogP contribution in [0.15, 0.2) is 23.2 Å². The highest BCUT2D eigenvalue weighted by atomic mass is 32.2. The Labute approximate surface area is 151 Å². The molecule has 0 saturated carbocycles. The van der Waals surface area contributed by atoms with Crippen LogP contribution in [0.2, 0.25) is 0 Å². The predicted molar refractivity (Wildman–Crippen MR) is 96.1 cm³/mol. The number of rotatable bonds is 3. The van der Waals surface area contributed by atoms with E-state index >= 15 is 0 Å². The minimum atomic E-state index is -0.786. The summed E-state index contributed by atoms with van der Waals surface area (Å²) in [5.74, 6) is 1.49. The van der Waals surface area contributed by atoms with Crippen molar-refractivity contribution in [2.45, 2.75) is 44.4 Å². The van der Waals surface area contributed by atoms with E-state index in [9.17, 15) is 10.4 Å². The average molecular weight is 356 g/mol. The van der Waals surface area contributed by atoms with Crippen LogP contribution in [0.1, 0.15) is 43.9 Å². The fourth-order valence-electron chi connectivity index (χ4n) is 3.64. The monoisotopic (exact) mass is 356 g/mol. The molecule has 0 radical (unpaired) electrons. The van der Waals surface area contributed by atoms with Crippen molar-refractivity contribution in [1.29, 1.82) is 10.5 Å². The number of nitrogens with zero attached hydrogens (tertiary/aromatic N) is 4. The highest BCUT2D eigenvalue weighted by molar-refractivity contribution is 8.14. The van der Waals surface area contributed by atoms with Gasteiger partial charge >= 0.3 is 0 Å². The van der Waals surface area contributed by atoms with Gasteiger partial charge in [0.25, 0.3) is 0 Å². The van der Waals surface area contributed by atoms with Crippen molar-refractivity contribution in [3.8, 4) is 18.0 Å². The van der Waals surface area contributed by atoms with E-state index in [1.54, 1.807) is 18.2 Å². The molecular formula is C18H20N4O2S. The number of aliphatic hydroxyl groups is 1. The summed E-state index contributed by atoms with van der Waals surface area (Å²) in [5, 5.41) is 30.1. The molecule has 25 heavy (non-hydrogen) atoms. The third kappa shape index (κ3) is 2.84. The first kappa shape index (κ1) is 17.6. The summed E-state index contributed by atoms with van der Waals surface area (Å²) < 4.78 is 6.22. The molecule has 1 aromatic rings. The normalized spacial score (nSPS) is 25.8. The first-order valence-corrected chi connectivity index (χ1v) is 9.36. The zero-order valence-electron chi connectivity index (χ0n) is 14.3. The van der Waals surface area contributed by atoms with E-state index in [1.807, 2.05) is 24.9 Å². The van der Waals surface area contributed by atoms with Crippen LogP contribution in [0, 0.1) is 22.8 Å². The summed E-state index contributed by atoms with van der Waals surface area (Å²) >= 11 is 1.51. The van der Waals surface area contributed by atoms with E-state index < -0.39 is 11.7 Å². The Bertz CT molecular complexity index is 776.